The molecule has 2 aromatic carbocycles. The zero-order chi connectivity index (χ0) is 18.9. The highest BCUT2D eigenvalue weighted by atomic mass is 15.1. The van der Waals surface area contributed by atoms with Crippen molar-refractivity contribution < 1.29 is 0 Å². The molecule has 5 aromatic rings. The molecule has 0 fully saturated rings. The molecule has 5 rings (SSSR count). The van der Waals surface area contributed by atoms with Crippen LogP contribution in [0.4, 0.5) is 5.82 Å². The van der Waals surface area contributed by atoms with E-state index in [4.69, 9.17) is 10.7 Å². The van der Waals surface area contributed by atoms with Gasteiger partial charge in [0.15, 0.2) is 0 Å². The number of aromatic nitrogens is 4. The van der Waals surface area contributed by atoms with E-state index in [1.807, 2.05) is 35.1 Å². The summed E-state index contributed by atoms with van der Waals surface area (Å²) < 4.78 is 2.00. The first-order valence-electron chi connectivity index (χ1n) is 9.18. The van der Waals surface area contributed by atoms with E-state index in [1.54, 1.807) is 6.20 Å². The lowest BCUT2D eigenvalue weighted by molar-refractivity contribution is 1.13. The molecule has 0 saturated carbocycles. The van der Waals surface area contributed by atoms with Crippen molar-refractivity contribution in [3.8, 4) is 22.6 Å². The number of anilines is 1. The smallest absolute Gasteiger partial charge is 0.150 e. The predicted octanol–water partition coefficient (Wildman–Crippen LogP) is 4.56. The van der Waals surface area contributed by atoms with E-state index in [2.05, 4.69) is 58.5 Å². The standard InChI is InChI=1S/C23H19N5/c24-22-21-20(27-23(19-10-11-25-15-19)28(21)13-12-26-22)18-8-6-17(7-9-18)14-16-4-2-1-3-5-16/h1-13,15,25H,14H2,(H2,24,26). The van der Waals surface area contributed by atoms with Crippen molar-refractivity contribution in [3.05, 3.63) is 96.6 Å². The number of nitrogens with zero attached hydrogens (tertiary/aromatic N) is 3. The molecule has 0 unspecified atom stereocenters. The molecule has 0 aliphatic rings. The summed E-state index contributed by atoms with van der Waals surface area (Å²) in [5.74, 6) is 1.31. The van der Waals surface area contributed by atoms with Crippen molar-refractivity contribution >= 4 is 11.3 Å². The third-order valence-electron chi connectivity index (χ3n) is 4.92. The van der Waals surface area contributed by atoms with Gasteiger partial charge in [-0.3, -0.25) is 4.40 Å². The van der Waals surface area contributed by atoms with Crippen molar-refractivity contribution in [2.75, 3.05) is 5.73 Å². The van der Waals surface area contributed by atoms with Crippen LogP contribution in [0.2, 0.25) is 0 Å². The molecular formula is C23H19N5. The summed E-state index contributed by atoms with van der Waals surface area (Å²) in [6.45, 7) is 0. The Morgan fingerprint density at radius 1 is 0.893 bits per heavy atom. The number of hydrogen-bond acceptors (Lipinski definition) is 3. The zero-order valence-electron chi connectivity index (χ0n) is 15.2. The second-order valence-corrected chi connectivity index (χ2v) is 6.77. The van der Waals surface area contributed by atoms with Gasteiger partial charge in [-0.15, -0.1) is 0 Å². The van der Waals surface area contributed by atoms with Crippen LogP contribution in [0.25, 0.3) is 28.2 Å². The molecule has 0 saturated heterocycles. The zero-order valence-corrected chi connectivity index (χ0v) is 15.2. The normalized spacial score (nSPS) is 11.1. The third kappa shape index (κ3) is 2.83. The fourth-order valence-corrected chi connectivity index (χ4v) is 3.54. The van der Waals surface area contributed by atoms with Crippen LogP contribution in [0.1, 0.15) is 11.1 Å². The molecule has 3 N–H and O–H groups in total. The van der Waals surface area contributed by atoms with Crippen LogP contribution in [-0.2, 0) is 6.42 Å². The first-order valence-corrected chi connectivity index (χ1v) is 9.18. The minimum absolute atomic E-state index is 0.472. The van der Waals surface area contributed by atoms with Gasteiger partial charge in [0.1, 0.15) is 22.9 Å². The van der Waals surface area contributed by atoms with Gasteiger partial charge in [0.2, 0.25) is 0 Å². The monoisotopic (exact) mass is 365 g/mol. The van der Waals surface area contributed by atoms with Crippen LogP contribution in [0, 0.1) is 0 Å². The van der Waals surface area contributed by atoms with Crippen LogP contribution < -0.4 is 5.73 Å². The Kier molecular flexibility index (Phi) is 3.91. The first-order chi connectivity index (χ1) is 13.8. The van der Waals surface area contributed by atoms with Gasteiger partial charge in [-0.1, -0.05) is 54.6 Å². The van der Waals surface area contributed by atoms with Gasteiger partial charge in [0.05, 0.1) is 0 Å². The maximum Gasteiger partial charge on any atom is 0.150 e. The Balaban J connectivity index is 1.58. The number of imidazole rings is 1. The Labute approximate surface area is 162 Å². The van der Waals surface area contributed by atoms with Crippen molar-refractivity contribution in [1.82, 2.24) is 19.4 Å². The second-order valence-electron chi connectivity index (χ2n) is 6.77. The molecule has 136 valence electrons. The number of rotatable bonds is 4. The van der Waals surface area contributed by atoms with Crippen molar-refractivity contribution in [3.63, 3.8) is 0 Å². The number of H-pyrrole nitrogens is 1. The fourth-order valence-electron chi connectivity index (χ4n) is 3.54. The average molecular weight is 365 g/mol. The number of fused-ring (bicyclic) bond motifs is 1. The van der Waals surface area contributed by atoms with Gasteiger partial charge >= 0.3 is 0 Å². The summed E-state index contributed by atoms with van der Waals surface area (Å²) in [6, 6.07) is 21.0. The van der Waals surface area contributed by atoms with E-state index in [-0.39, 0.29) is 0 Å². The number of hydrogen-bond donors (Lipinski definition) is 2. The molecule has 0 atom stereocenters. The van der Waals surface area contributed by atoms with E-state index in [0.717, 1.165) is 34.6 Å². The summed E-state index contributed by atoms with van der Waals surface area (Å²) in [7, 11) is 0. The summed E-state index contributed by atoms with van der Waals surface area (Å²) in [5, 5.41) is 0. The van der Waals surface area contributed by atoms with Crippen LogP contribution in [0.15, 0.2) is 85.5 Å². The summed E-state index contributed by atoms with van der Waals surface area (Å²) in [6.07, 6.45) is 8.32. The second kappa shape index (κ2) is 6.70. The van der Waals surface area contributed by atoms with Crippen molar-refractivity contribution in [2.24, 2.45) is 0 Å². The Morgan fingerprint density at radius 3 is 2.43 bits per heavy atom. The lowest BCUT2D eigenvalue weighted by Crippen LogP contribution is -1.96. The molecule has 3 aromatic heterocycles. The van der Waals surface area contributed by atoms with Crippen molar-refractivity contribution in [1.29, 1.82) is 0 Å². The molecule has 0 radical (unpaired) electrons. The van der Waals surface area contributed by atoms with E-state index < -0.39 is 0 Å². The summed E-state index contributed by atoms with van der Waals surface area (Å²) in [4.78, 5) is 12.3. The van der Waals surface area contributed by atoms with Gasteiger partial charge in [-0.25, -0.2) is 9.97 Å². The molecule has 5 heteroatoms. The molecule has 3 heterocycles. The number of aromatic amines is 1. The lowest BCUT2D eigenvalue weighted by Gasteiger charge is -2.05. The topological polar surface area (TPSA) is 72.0 Å². The van der Waals surface area contributed by atoms with Gasteiger partial charge < -0.3 is 10.7 Å². The maximum absolute atomic E-state index is 6.21. The van der Waals surface area contributed by atoms with E-state index >= 15 is 0 Å². The SMILES string of the molecule is Nc1nccn2c(-c3cc[nH]c3)nc(-c3ccc(Cc4ccccc4)cc3)c12. The largest absolute Gasteiger partial charge is 0.382 e. The molecule has 0 amide bonds. The molecular weight excluding hydrogens is 346 g/mol. The Bertz CT molecular complexity index is 1220. The van der Waals surface area contributed by atoms with Gasteiger partial charge in [0.25, 0.3) is 0 Å². The highest BCUT2D eigenvalue weighted by Crippen LogP contribution is 2.32. The minimum Gasteiger partial charge on any atom is -0.382 e. The third-order valence-corrected chi connectivity index (χ3v) is 4.92. The van der Waals surface area contributed by atoms with Crippen LogP contribution in [0.3, 0.4) is 0 Å². The van der Waals surface area contributed by atoms with Crippen LogP contribution in [0.5, 0.6) is 0 Å². The van der Waals surface area contributed by atoms with Crippen LogP contribution in [-0.4, -0.2) is 19.4 Å². The number of nitrogens with two attached hydrogens (primary N) is 1. The fraction of sp³-hybridized carbons (Fsp3) is 0.0435. The summed E-state index contributed by atoms with van der Waals surface area (Å²) >= 11 is 0. The molecule has 0 aliphatic carbocycles. The Morgan fingerprint density at radius 2 is 1.68 bits per heavy atom. The first kappa shape index (κ1) is 16.3. The van der Waals surface area contributed by atoms with Gasteiger partial charge in [-0.05, 0) is 23.6 Å². The average Bonchev–Trinajstić information content (AvgIpc) is 3.38. The van der Waals surface area contributed by atoms with E-state index in [9.17, 15) is 0 Å². The molecule has 0 aliphatic heterocycles. The van der Waals surface area contributed by atoms with E-state index in [0.29, 0.717) is 5.82 Å². The highest BCUT2D eigenvalue weighted by Gasteiger charge is 2.17. The lowest BCUT2D eigenvalue weighted by atomic mass is 10.0. The minimum atomic E-state index is 0.472. The number of benzene rings is 2. The summed E-state index contributed by atoms with van der Waals surface area (Å²) in [5.41, 5.74) is 12.5. The van der Waals surface area contributed by atoms with Crippen LogP contribution >= 0.6 is 0 Å². The highest BCUT2D eigenvalue weighted by molar-refractivity contribution is 5.87. The molecule has 0 spiro atoms. The molecule has 28 heavy (non-hydrogen) atoms. The van der Waals surface area contributed by atoms with Gasteiger partial charge in [-0.2, -0.15) is 0 Å². The molecule has 5 nitrogen and oxygen atoms in total. The quantitative estimate of drug-likeness (QED) is 0.490. The van der Waals surface area contributed by atoms with Crippen molar-refractivity contribution in [2.45, 2.75) is 6.42 Å². The Hall–Kier alpha value is -3.86. The number of nitrogen functional groups attached to an aromatic ring is 1. The van der Waals surface area contributed by atoms with Gasteiger partial charge in [0, 0.05) is 35.9 Å². The predicted molar refractivity (Wildman–Crippen MR) is 112 cm³/mol. The molecule has 0 bridgehead atoms. The van der Waals surface area contributed by atoms with E-state index in [1.165, 1.54) is 11.1 Å². The number of nitrogens with one attached hydrogen (secondary N) is 1. The maximum atomic E-state index is 6.21.